The van der Waals surface area contributed by atoms with Crippen molar-refractivity contribution in [2.45, 2.75) is 64.8 Å². The molecule has 0 aromatic carbocycles. The van der Waals surface area contributed by atoms with E-state index in [0.717, 1.165) is 0 Å². The molecule has 0 spiro atoms. The summed E-state index contributed by atoms with van der Waals surface area (Å²) in [6, 6.07) is 0. The predicted molar refractivity (Wildman–Crippen MR) is 76.0 cm³/mol. The van der Waals surface area contributed by atoms with Crippen LogP contribution in [0.2, 0.25) is 19.6 Å². The van der Waals surface area contributed by atoms with Crippen LogP contribution in [-0.2, 0) is 14.0 Å². The van der Waals surface area contributed by atoms with Crippen molar-refractivity contribution in [3.8, 4) is 0 Å². The van der Waals surface area contributed by atoms with Crippen molar-refractivity contribution in [1.82, 2.24) is 0 Å². The van der Waals surface area contributed by atoms with E-state index in [1.807, 2.05) is 6.92 Å². The fourth-order valence-electron chi connectivity index (χ4n) is 2.80. The smallest absolute Gasteiger partial charge is 0.310 e. The first-order chi connectivity index (χ1) is 8.35. The molecule has 0 aromatic heterocycles. The minimum Gasteiger partial charge on any atom is -0.469 e. The molecule has 0 radical (unpaired) electrons. The third-order valence-corrected chi connectivity index (χ3v) is 4.65. The summed E-state index contributed by atoms with van der Waals surface area (Å²) in [5, 5.41) is 0. The van der Waals surface area contributed by atoms with E-state index in [1.165, 1.54) is 39.2 Å². The Hall–Kier alpha value is -0.353. The fourth-order valence-corrected chi connectivity index (χ4v) is 4.01. The monoisotopic (exact) mass is 272 g/mol. The maximum absolute atomic E-state index is 11.8. The third-order valence-electron chi connectivity index (χ3n) is 3.67. The van der Waals surface area contributed by atoms with Gasteiger partial charge in [-0.3, -0.25) is 4.79 Å². The first-order valence-corrected chi connectivity index (χ1v) is 10.5. The molecule has 1 saturated carbocycles. The van der Waals surface area contributed by atoms with Gasteiger partial charge >= 0.3 is 5.97 Å². The van der Waals surface area contributed by atoms with E-state index in [1.54, 1.807) is 0 Å². The number of carbonyl (C=O) groups excluding carboxylic acids is 1. The van der Waals surface area contributed by atoms with Crippen molar-refractivity contribution in [2.24, 2.45) is 11.8 Å². The largest absolute Gasteiger partial charge is 0.469 e. The second kappa shape index (κ2) is 6.71. The average Bonchev–Trinajstić information content (AvgIpc) is 2.34. The molecule has 1 fully saturated rings. The number of carbonyl (C=O) groups is 1. The Morgan fingerprint density at radius 1 is 1.17 bits per heavy atom. The van der Waals surface area contributed by atoms with Crippen LogP contribution in [0.15, 0.2) is 0 Å². The second-order valence-corrected chi connectivity index (χ2v) is 10.9. The highest BCUT2D eigenvalue weighted by atomic mass is 28.4. The molecule has 1 rings (SSSR count). The van der Waals surface area contributed by atoms with E-state index < -0.39 is 8.32 Å². The van der Waals surface area contributed by atoms with Crippen molar-refractivity contribution < 1.29 is 14.0 Å². The maximum atomic E-state index is 11.8. The van der Waals surface area contributed by atoms with Gasteiger partial charge < -0.3 is 9.16 Å². The Bertz CT molecular complexity index is 267. The van der Waals surface area contributed by atoms with Crippen LogP contribution in [0, 0.1) is 11.8 Å². The lowest BCUT2D eigenvalue weighted by Gasteiger charge is -2.37. The molecule has 0 aromatic rings. The van der Waals surface area contributed by atoms with Gasteiger partial charge in [0.15, 0.2) is 8.32 Å². The van der Waals surface area contributed by atoms with Gasteiger partial charge in [-0.2, -0.15) is 0 Å². The quantitative estimate of drug-likeness (QED) is 0.566. The maximum Gasteiger partial charge on any atom is 0.310 e. The third kappa shape index (κ3) is 4.73. The molecule has 4 heteroatoms. The normalized spacial score (nSPS) is 21.4. The van der Waals surface area contributed by atoms with Crippen LogP contribution in [0.3, 0.4) is 0 Å². The van der Waals surface area contributed by atoms with E-state index in [-0.39, 0.29) is 18.0 Å². The molecule has 18 heavy (non-hydrogen) atoms. The van der Waals surface area contributed by atoms with Crippen LogP contribution >= 0.6 is 0 Å². The Kier molecular flexibility index (Phi) is 5.85. The fraction of sp³-hybridized carbons (Fsp3) is 0.929. The number of rotatable bonds is 5. The number of ether oxygens (including phenoxy) is 1. The van der Waals surface area contributed by atoms with E-state index in [0.29, 0.717) is 5.92 Å². The lowest BCUT2D eigenvalue weighted by Crippen LogP contribution is -2.43. The van der Waals surface area contributed by atoms with Gasteiger partial charge in [0, 0.05) is 0 Å². The summed E-state index contributed by atoms with van der Waals surface area (Å²) in [5.74, 6) is 0.244. The van der Waals surface area contributed by atoms with Crippen molar-refractivity contribution in [3.63, 3.8) is 0 Å². The lowest BCUT2D eigenvalue weighted by atomic mass is 9.81. The van der Waals surface area contributed by atoms with E-state index >= 15 is 0 Å². The van der Waals surface area contributed by atoms with Gasteiger partial charge in [-0.1, -0.05) is 19.3 Å². The zero-order valence-corrected chi connectivity index (χ0v) is 13.5. The van der Waals surface area contributed by atoms with Crippen molar-refractivity contribution in [1.29, 1.82) is 0 Å². The zero-order valence-electron chi connectivity index (χ0n) is 12.5. The first kappa shape index (κ1) is 15.7. The minimum atomic E-state index is -1.63. The summed E-state index contributed by atoms with van der Waals surface area (Å²) >= 11 is 0. The number of hydrogen-bond acceptors (Lipinski definition) is 3. The minimum absolute atomic E-state index is 0.0458. The Morgan fingerprint density at radius 3 is 2.17 bits per heavy atom. The number of methoxy groups -OCH3 is 1. The van der Waals surface area contributed by atoms with Crippen LogP contribution in [0.4, 0.5) is 0 Å². The van der Waals surface area contributed by atoms with E-state index in [2.05, 4.69) is 19.6 Å². The Balaban J connectivity index is 2.76. The molecule has 0 N–H and O–H groups in total. The topological polar surface area (TPSA) is 35.5 Å². The molecule has 1 aliphatic carbocycles. The van der Waals surface area contributed by atoms with Gasteiger partial charge in [-0.15, -0.1) is 0 Å². The van der Waals surface area contributed by atoms with Crippen LogP contribution in [0.5, 0.6) is 0 Å². The van der Waals surface area contributed by atoms with Crippen LogP contribution in [0.25, 0.3) is 0 Å². The molecule has 0 saturated heterocycles. The lowest BCUT2D eigenvalue weighted by molar-refractivity contribution is -0.149. The van der Waals surface area contributed by atoms with Crippen molar-refractivity contribution >= 4 is 14.3 Å². The van der Waals surface area contributed by atoms with Gasteiger partial charge in [0.25, 0.3) is 0 Å². The molecule has 2 atom stereocenters. The molecular weight excluding hydrogens is 244 g/mol. The first-order valence-electron chi connectivity index (χ1n) is 7.11. The van der Waals surface area contributed by atoms with Gasteiger partial charge in [0.05, 0.1) is 19.1 Å². The van der Waals surface area contributed by atoms with Gasteiger partial charge in [-0.25, -0.2) is 0 Å². The summed E-state index contributed by atoms with van der Waals surface area (Å²) < 4.78 is 11.2. The number of esters is 1. The van der Waals surface area contributed by atoms with Gasteiger partial charge in [0.2, 0.25) is 0 Å². The summed E-state index contributed by atoms with van der Waals surface area (Å²) in [5.41, 5.74) is 0. The zero-order chi connectivity index (χ0) is 13.8. The molecule has 1 aliphatic rings. The molecule has 0 aliphatic heterocycles. The molecule has 106 valence electrons. The van der Waals surface area contributed by atoms with Gasteiger partial charge in [0.1, 0.15) is 0 Å². The molecular formula is C14H28O3Si. The average molecular weight is 272 g/mol. The van der Waals surface area contributed by atoms with Crippen LogP contribution in [-0.4, -0.2) is 27.5 Å². The molecule has 0 bridgehead atoms. The SMILES string of the molecule is COC(=O)[C@H](C)[C@H](O[Si](C)(C)C)C1CCCCC1. The van der Waals surface area contributed by atoms with Crippen molar-refractivity contribution in [3.05, 3.63) is 0 Å². The Labute approximate surface area is 112 Å². The summed E-state index contributed by atoms with van der Waals surface area (Å²) in [4.78, 5) is 11.8. The highest BCUT2D eigenvalue weighted by molar-refractivity contribution is 6.69. The molecule has 3 nitrogen and oxygen atoms in total. The van der Waals surface area contributed by atoms with E-state index in [4.69, 9.17) is 9.16 Å². The van der Waals surface area contributed by atoms with Crippen LogP contribution < -0.4 is 0 Å². The predicted octanol–water partition coefficient (Wildman–Crippen LogP) is 3.60. The highest BCUT2D eigenvalue weighted by Crippen LogP contribution is 2.33. The summed E-state index contributed by atoms with van der Waals surface area (Å²) in [7, 11) is -0.170. The highest BCUT2D eigenvalue weighted by Gasteiger charge is 2.36. The van der Waals surface area contributed by atoms with E-state index in [9.17, 15) is 4.79 Å². The van der Waals surface area contributed by atoms with Crippen LogP contribution in [0.1, 0.15) is 39.0 Å². The Morgan fingerprint density at radius 2 is 1.72 bits per heavy atom. The summed E-state index contributed by atoms with van der Waals surface area (Å²) in [6.07, 6.45) is 6.29. The molecule has 0 unspecified atom stereocenters. The molecule has 0 heterocycles. The summed E-state index contributed by atoms with van der Waals surface area (Å²) in [6.45, 7) is 8.51. The molecule has 0 amide bonds. The standard InChI is InChI=1S/C14H28O3Si/c1-11(14(15)16-2)13(17-18(3,4)5)12-9-7-6-8-10-12/h11-13H,6-10H2,1-5H3/t11-,13+/m1/s1. The number of hydrogen-bond donors (Lipinski definition) is 0. The van der Waals surface area contributed by atoms with Crippen molar-refractivity contribution in [2.75, 3.05) is 7.11 Å². The van der Waals surface area contributed by atoms with Gasteiger partial charge in [-0.05, 0) is 45.3 Å². The second-order valence-electron chi connectivity index (χ2n) is 6.40.